The number of hydrogen-bond acceptors (Lipinski definition) is 3. The van der Waals surface area contributed by atoms with Gasteiger partial charge in [0, 0.05) is 0 Å². The molecule has 0 fully saturated rings. The molecular formula is C14H11F3N2O. The molecule has 0 spiro atoms. The van der Waals surface area contributed by atoms with Gasteiger partial charge in [-0.3, -0.25) is 0 Å². The second-order valence-electron chi connectivity index (χ2n) is 4.53. The summed E-state index contributed by atoms with van der Waals surface area (Å²) in [4.78, 5) is 0. The standard InChI is InChI=1S/C14H11F3N2O/c1-13(9-5-3-2-4-6-9)7-11(14(15,16)17)20-12(19)10(13)8-18/h2-7H,19H2,1H3/t13-/m0/s1. The average Bonchev–Trinajstić information content (AvgIpc) is 2.38. The molecule has 1 aromatic carbocycles. The first kappa shape index (κ1) is 14.0. The van der Waals surface area contributed by atoms with E-state index in [1.165, 1.54) is 6.92 Å². The number of nitrogens with two attached hydrogens (primary N) is 1. The van der Waals surface area contributed by atoms with Crippen LogP contribution in [0.1, 0.15) is 12.5 Å². The highest BCUT2D eigenvalue weighted by atomic mass is 19.4. The van der Waals surface area contributed by atoms with Crippen LogP contribution < -0.4 is 5.73 Å². The topological polar surface area (TPSA) is 59.0 Å². The van der Waals surface area contributed by atoms with Crippen molar-refractivity contribution in [3.63, 3.8) is 0 Å². The maximum atomic E-state index is 12.9. The number of rotatable bonds is 1. The Bertz CT molecular complexity index is 626. The van der Waals surface area contributed by atoms with Gasteiger partial charge in [0.2, 0.25) is 11.6 Å². The largest absolute Gasteiger partial charge is 0.449 e. The Balaban J connectivity index is 2.65. The van der Waals surface area contributed by atoms with Gasteiger partial charge in [-0.2, -0.15) is 18.4 Å². The maximum absolute atomic E-state index is 12.9. The van der Waals surface area contributed by atoms with E-state index < -0.39 is 23.2 Å². The Morgan fingerprint density at radius 2 is 1.85 bits per heavy atom. The van der Waals surface area contributed by atoms with Crippen molar-refractivity contribution in [2.45, 2.75) is 18.5 Å². The molecule has 0 amide bonds. The summed E-state index contributed by atoms with van der Waals surface area (Å²) in [5, 5.41) is 9.17. The van der Waals surface area contributed by atoms with Gasteiger partial charge in [0.05, 0.1) is 5.41 Å². The number of benzene rings is 1. The smallest absolute Gasteiger partial charge is 0.436 e. The third kappa shape index (κ3) is 2.23. The molecule has 104 valence electrons. The minimum absolute atomic E-state index is 0.0447. The van der Waals surface area contributed by atoms with Crippen molar-refractivity contribution in [2.75, 3.05) is 0 Å². The van der Waals surface area contributed by atoms with Gasteiger partial charge < -0.3 is 10.5 Å². The van der Waals surface area contributed by atoms with Crippen molar-refractivity contribution in [1.29, 1.82) is 5.26 Å². The third-order valence-corrected chi connectivity index (χ3v) is 3.17. The van der Waals surface area contributed by atoms with E-state index in [-0.39, 0.29) is 5.57 Å². The molecule has 1 aliphatic heterocycles. The van der Waals surface area contributed by atoms with Crippen LogP contribution in [-0.4, -0.2) is 6.18 Å². The van der Waals surface area contributed by atoms with Crippen molar-refractivity contribution < 1.29 is 17.9 Å². The second kappa shape index (κ2) is 4.60. The predicted molar refractivity (Wildman–Crippen MR) is 65.8 cm³/mol. The van der Waals surface area contributed by atoms with E-state index in [2.05, 4.69) is 4.74 Å². The van der Waals surface area contributed by atoms with Crippen LogP contribution in [0.2, 0.25) is 0 Å². The van der Waals surface area contributed by atoms with Gasteiger partial charge in [0.25, 0.3) is 0 Å². The number of ether oxygens (including phenoxy) is 1. The highest BCUT2D eigenvalue weighted by Gasteiger charge is 2.45. The second-order valence-corrected chi connectivity index (χ2v) is 4.53. The molecule has 0 radical (unpaired) electrons. The van der Waals surface area contributed by atoms with E-state index in [0.29, 0.717) is 5.56 Å². The van der Waals surface area contributed by atoms with E-state index >= 15 is 0 Å². The molecule has 1 heterocycles. The monoisotopic (exact) mass is 280 g/mol. The molecule has 0 saturated carbocycles. The molecule has 6 heteroatoms. The van der Waals surface area contributed by atoms with E-state index in [0.717, 1.165) is 6.08 Å². The molecule has 2 rings (SSSR count). The molecule has 0 aromatic heterocycles. The van der Waals surface area contributed by atoms with Gasteiger partial charge >= 0.3 is 6.18 Å². The number of nitrogens with zero attached hydrogens (tertiary/aromatic N) is 1. The molecule has 1 atom stereocenters. The van der Waals surface area contributed by atoms with Crippen molar-refractivity contribution in [3.8, 4) is 6.07 Å². The Morgan fingerprint density at radius 1 is 1.25 bits per heavy atom. The molecule has 0 aliphatic carbocycles. The lowest BCUT2D eigenvalue weighted by molar-refractivity contribution is -0.126. The zero-order valence-electron chi connectivity index (χ0n) is 10.5. The van der Waals surface area contributed by atoms with Crippen LogP contribution >= 0.6 is 0 Å². The number of alkyl halides is 3. The highest BCUT2D eigenvalue weighted by Crippen LogP contribution is 2.42. The predicted octanol–water partition coefficient (Wildman–Crippen LogP) is 3.11. The van der Waals surface area contributed by atoms with Crippen LogP contribution in [0.3, 0.4) is 0 Å². The maximum Gasteiger partial charge on any atom is 0.449 e. The lowest BCUT2D eigenvalue weighted by Crippen LogP contribution is -2.33. The van der Waals surface area contributed by atoms with E-state index in [9.17, 15) is 13.2 Å². The van der Waals surface area contributed by atoms with Crippen LogP contribution in [0.5, 0.6) is 0 Å². The van der Waals surface area contributed by atoms with Crippen molar-refractivity contribution in [1.82, 2.24) is 0 Å². The first-order valence-corrected chi connectivity index (χ1v) is 5.73. The fourth-order valence-electron chi connectivity index (χ4n) is 2.11. The summed E-state index contributed by atoms with van der Waals surface area (Å²) in [6.45, 7) is 1.50. The van der Waals surface area contributed by atoms with Gasteiger partial charge in [-0.05, 0) is 18.6 Å². The number of allylic oxidation sites excluding steroid dienone is 3. The fraction of sp³-hybridized carbons (Fsp3) is 0.214. The normalized spacial score (nSPS) is 22.9. The molecule has 20 heavy (non-hydrogen) atoms. The van der Waals surface area contributed by atoms with Crippen LogP contribution in [0.15, 0.2) is 53.6 Å². The van der Waals surface area contributed by atoms with Crippen LogP contribution in [-0.2, 0) is 10.2 Å². The minimum Gasteiger partial charge on any atom is -0.436 e. The summed E-state index contributed by atoms with van der Waals surface area (Å²) in [5.41, 5.74) is 4.70. The Hall–Kier alpha value is -2.42. The quantitative estimate of drug-likeness (QED) is 0.859. The van der Waals surface area contributed by atoms with Gasteiger partial charge in [0.15, 0.2) is 0 Å². The first-order valence-electron chi connectivity index (χ1n) is 5.73. The molecule has 1 aromatic rings. The minimum atomic E-state index is -4.67. The summed E-state index contributed by atoms with van der Waals surface area (Å²) in [7, 11) is 0. The van der Waals surface area contributed by atoms with Crippen LogP contribution in [0.4, 0.5) is 13.2 Å². The zero-order chi connectivity index (χ0) is 15.0. The summed E-state index contributed by atoms with van der Waals surface area (Å²) in [6, 6.07) is 10.2. The number of nitriles is 1. The molecule has 2 N–H and O–H groups in total. The first-order chi connectivity index (χ1) is 9.29. The molecule has 0 unspecified atom stereocenters. The van der Waals surface area contributed by atoms with Crippen LogP contribution in [0, 0.1) is 11.3 Å². The van der Waals surface area contributed by atoms with Gasteiger partial charge in [-0.25, -0.2) is 0 Å². The molecule has 1 aliphatic rings. The van der Waals surface area contributed by atoms with E-state index in [4.69, 9.17) is 11.0 Å². The number of halogens is 3. The lowest BCUT2D eigenvalue weighted by Gasteiger charge is -2.32. The molecular weight excluding hydrogens is 269 g/mol. The van der Waals surface area contributed by atoms with Crippen molar-refractivity contribution in [3.05, 3.63) is 59.2 Å². The third-order valence-electron chi connectivity index (χ3n) is 3.17. The Labute approximate surface area is 113 Å². The van der Waals surface area contributed by atoms with Gasteiger partial charge in [0.1, 0.15) is 11.6 Å². The lowest BCUT2D eigenvalue weighted by atomic mass is 9.75. The SMILES string of the molecule is C[C@@]1(c2ccccc2)C=C(C(F)(F)F)OC(N)=C1C#N. The average molecular weight is 280 g/mol. The highest BCUT2D eigenvalue weighted by molar-refractivity contribution is 5.50. The Morgan fingerprint density at radius 3 is 2.35 bits per heavy atom. The van der Waals surface area contributed by atoms with Gasteiger partial charge in [-0.15, -0.1) is 0 Å². The van der Waals surface area contributed by atoms with Crippen LogP contribution in [0.25, 0.3) is 0 Å². The number of hydrogen-bond donors (Lipinski definition) is 1. The summed E-state index contributed by atoms with van der Waals surface area (Å²) in [5.74, 6) is -1.73. The Kier molecular flexibility index (Phi) is 3.22. The van der Waals surface area contributed by atoms with Crippen molar-refractivity contribution in [2.24, 2.45) is 5.73 Å². The molecule has 0 bridgehead atoms. The summed E-state index contributed by atoms with van der Waals surface area (Å²) >= 11 is 0. The van der Waals surface area contributed by atoms with Crippen molar-refractivity contribution >= 4 is 0 Å². The van der Waals surface area contributed by atoms with E-state index in [1.807, 2.05) is 6.07 Å². The molecule has 0 saturated heterocycles. The van der Waals surface area contributed by atoms with E-state index in [1.54, 1.807) is 30.3 Å². The zero-order valence-corrected chi connectivity index (χ0v) is 10.5. The van der Waals surface area contributed by atoms with Gasteiger partial charge in [-0.1, -0.05) is 30.3 Å². The fourth-order valence-corrected chi connectivity index (χ4v) is 2.11. The summed E-state index contributed by atoms with van der Waals surface area (Å²) < 4.78 is 43.1. The summed E-state index contributed by atoms with van der Waals surface area (Å²) in [6.07, 6.45) is -3.78. The molecule has 3 nitrogen and oxygen atoms in total.